The van der Waals surface area contributed by atoms with Gasteiger partial charge in [0, 0.05) is 11.8 Å². The number of nitrogens with zero attached hydrogens (tertiary/aromatic N) is 1. The molecule has 0 spiro atoms. The van der Waals surface area contributed by atoms with Crippen LogP contribution in [0.15, 0.2) is 41.4 Å². The van der Waals surface area contributed by atoms with E-state index in [-0.39, 0.29) is 5.82 Å². The minimum absolute atomic E-state index is 0.332. The monoisotopic (exact) mass is 381 g/mol. The van der Waals surface area contributed by atoms with Gasteiger partial charge in [0.05, 0.1) is 10.7 Å². The van der Waals surface area contributed by atoms with E-state index in [1.54, 1.807) is 18.3 Å². The van der Waals surface area contributed by atoms with Crippen molar-refractivity contribution in [2.24, 2.45) is 22.7 Å². The summed E-state index contributed by atoms with van der Waals surface area (Å²) in [5.74, 6) is 2.42. The summed E-state index contributed by atoms with van der Waals surface area (Å²) in [5, 5.41) is 0.397. The average molecular weight is 382 g/mol. The fourth-order valence-corrected chi connectivity index (χ4v) is 6.52. The fourth-order valence-electron chi connectivity index (χ4n) is 6.31. The molecule has 4 saturated carbocycles. The second-order valence-corrected chi connectivity index (χ2v) is 9.50. The summed E-state index contributed by atoms with van der Waals surface area (Å²) >= 11 is 6.15. The van der Waals surface area contributed by atoms with E-state index in [1.807, 2.05) is 0 Å². The van der Waals surface area contributed by atoms with E-state index in [0.29, 0.717) is 16.0 Å². The number of hydrogen-bond acceptors (Lipinski definition) is 1. The van der Waals surface area contributed by atoms with Crippen molar-refractivity contribution >= 4 is 23.5 Å². The molecule has 0 saturated heterocycles. The predicted molar refractivity (Wildman–Crippen MR) is 110 cm³/mol. The largest absolute Gasteiger partial charge is 0.256 e. The molecular formula is C24H25ClFN. The van der Waals surface area contributed by atoms with Crippen molar-refractivity contribution in [3.63, 3.8) is 0 Å². The van der Waals surface area contributed by atoms with Gasteiger partial charge in [0.2, 0.25) is 0 Å². The summed E-state index contributed by atoms with van der Waals surface area (Å²) in [5.41, 5.74) is 4.20. The molecule has 2 aromatic rings. The Hall–Kier alpha value is -1.67. The van der Waals surface area contributed by atoms with E-state index in [2.05, 4.69) is 30.1 Å². The number of rotatable bonds is 3. The van der Waals surface area contributed by atoms with Crippen molar-refractivity contribution in [3.05, 3.63) is 63.9 Å². The molecule has 0 heterocycles. The zero-order valence-corrected chi connectivity index (χ0v) is 16.5. The quantitative estimate of drug-likeness (QED) is 0.507. The SMILES string of the molecule is Cc1ccc(C23CC4CC(CC(C4)C2)C3)cc1N=Cc1c(F)cccc1Cl. The van der Waals surface area contributed by atoms with Crippen LogP contribution in [0.4, 0.5) is 10.1 Å². The maximum atomic E-state index is 14.1. The van der Waals surface area contributed by atoms with Gasteiger partial charge in [-0.1, -0.05) is 29.8 Å². The number of hydrogen-bond donors (Lipinski definition) is 0. The maximum Gasteiger partial charge on any atom is 0.133 e. The van der Waals surface area contributed by atoms with Gasteiger partial charge in [-0.15, -0.1) is 0 Å². The topological polar surface area (TPSA) is 12.4 Å². The number of benzene rings is 2. The lowest BCUT2D eigenvalue weighted by Crippen LogP contribution is -2.48. The summed E-state index contributed by atoms with van der Waals surface area (Å²) in [6, 6.07) is 11.5. The first-order valence-electron chi connectivity index (χ1n) is 10.1. The van der Waals surface area contributed by atoms with Crippen LogP contribution < -0.4 is 0 Å². The molecule has 140 valence electrons. The molecule has 27 heavy (non-hydrogen) atoms. The second kappa shape index (κ2) is 6.44. The first-order chi connectivity index (χ1) is 13.0. The number of aryl methyl sites for hydroxylation is 1. The Labute approximate surface area is 165 Å². The fraction of sp³-hybridized carbons (Fsp3) is 0.458. The molecule has 0 radical (unpaired) electrons. The van der Waals surface area contributed by atoms with Gasteiger partial charge >= 0.3 is 0 Å². The Morgan fingerprint density at radius 1 is 1.04 bits per heavy atom. The van der Waals surface area contributed by atoms with Crippen molar-refractivity contribution < 1.29 is 4.39 Å². The van der Waals surface area contributed by atoms with Gasteiger partial charge in [-0.3, -0.25) is 4.99 Å². The molecule has 3 heteroatoms. The first-order valence-corrected chi connectivity index (χ1v) is 10.5. The molecule has 0 aromatic heterocycles. The van der Waals surface area contributed by atoms with Crippen LogP contribution in [0, 0.1) is 30.5 Å². The molecule has 0 N–H and O–H groups in total. The van der Waals surface area contributed by atoms with Crippen LogP contribution in [-0.2, 0) is 5.41 Å². The van der Waals surface area contributed by atoms with Crippen LogP contribution in [-0.4, -0.2) is 6.21 Å². The third-order valence-corrected chi connectivity index (χ3v) is 7.52. The van der Waals surface area contributed by atoms with Gasteiger partial charge in [-0.25, -0.2) is 4.39 Å². The molecule has 0 amide bonds. The van der Waals surface area contributed by atoms with Gasteiger partial charge in [-0.2, -0.15) is 0 Å². The van der Waals surface area contributed by atoms with Gasteiger partial charge < -0.3 is 0 Å². The molecule has 0 unspecified atom stereocenters. The Morgan fingerprint density at radius 3 is 2.33 bits per heavy atom. The highest BCUT2D eigenvalue weighted by molar-refractivity contribution is 6.33. The highest BCUT2D eigenvalue weighted by Crippen LogP contribution is 2.60. The molecule has 4 bridgehead atoms. The third kappa shape index (κ3) is 3.02. The molecule has 6 rings (SSSR count). The average Bonchev–Trinajstić information content (AvgIpc) is 2.61. The summed E-state index contributed by atoms with van der Waals surface area (Å²) in [4.78, 5) is 4.64. The summed E-state index contributed by atoms with van der Waals surface area (Å²) in [6.07, 6.45) is 9.92. The third-order valence-electron chi connectivity index (χ3n) is 7.19. The summed E-state index contributed by atoms with van der Waals surface area (Å²) < 4.78 is 14.1. The summed E-state index contributed by atoms with van der Waals surface area (Å²) in [7, 11) is 0. The molecule has 4 fully saturated rings. The van der Waals surface area contributed by atoms with E-state index in [1.165, 1.54) is 50.2 Å². The van der Waals surface area contributed by atoms with Crippen LogP contribution in [0.1, 0.15) is 55.2 Å². The van der Waals surface area contributed by atoms with E-state index < -0.39 is 0 Å². The Balaban J connectivity index is 1.50. The lowest BCUT2D eigenvalue weighted by molar-refractivity contribution is -0.00517. The van der Waals surface area contributed by atoms with E-state index in [9.17, 15) is 4.39 Å². The zero-order valence-electron chi connectivity index (χ0n) is 15.7. The highest BCUT2D eigenvalue weighted by Gasteiger charge is 2.51. The summed E-state index contributed by atoms with van der Waals surface area (Å²) in [6.45, 7) is 2.07. The van der Waals surface area contributed by atoms with Crippen LogP contribution in [0.5, 0.6) is 0 Å². The van der Waals surface area contributed by atoms with Gasteiger partial charge in [0.1, 0.15) is 5.82 Å². The van der Waals surface area contributed by atoms with Crippen LogP contribution in [0.25, 0.3) is 0 Å². The van der Waals surface area contributed by atoms with Crippen molar-refractivity contribution in [3.8, 4) is 0 Å². The van der Waals surface area contributed by atoms with E-state index >= 15 is 0 Å². The maximum absolute atomic E-state index is 14.1. The lowest BCUT2D eigenvalue weighted by Gasteiger charge is -2.57. The second-order valence-electron chi connectivity index (χ2n) is 9.09. The first kappa shape index (κ1) is 17.4. The standard InChI is InChI=1S/C24H25ClFN/c1-15-5-6-19(24-11-16-7-17(12-24)9-18(8-16)13-24)10-23(15)27-14-20-21(25)3-2-4-22(20)26/h2-6,10,14,16-18H,7-9,11-13H2,1H3. The molecule has 2 aromatic carbocycles. The Kier molecular flexibility index (Phi) is 4.16. The molecular weight excluding hydrogens is 357 g/mol. The molecule has 0 atom stereocenters. The number of halogens is 2. The lowest BCUT2D eigenvalue weighted by atomic mass is 9.48. The van der Waals surface area contributed by atoms with Crippen molar-refractivity contribution in [1.29, 1.82) is 0 Å². The number of aliphatic imine (C=N–C) groups is 1. The van der Waals surface area contributed by atoms with E-state index in [0.717, 1.165) is 29.0 Å². The zero-order chi connectivity index (χ0) is 18.6. The van der Waals surface area contributed by atoms with Gasteiger partial charge in [0.15, 0.2) is 0 Å². The van der Waals surface area contributed by atoms with E-state index in [4.69, 9.17) is 11.6 Å². The van der Waals surface area contributed by atoms with Crippen LogP contribution >= 0.6 is 11.6 Å². The van der Waals surface area contributed by atoms with Crippen molar-refractivity contribution in [1.82, 2.24) is 0 Å². The smallest absolute Gasteiger partial charge is 0.133 e. The molecule has 4 aliphatic rings. The molecule has 0 aliphatic heterocycles. The normalized spacial score (nSPS) is 31.7. The minimum atomic E-state index is -0.332. The van der Waals surface area contributed by atoms with Crippen molar-refractivity contribution in [2.75, 3.05) is 0 Å². The predicted octanol–water partition coefficient (Wildman–Crippen LogP) is 7.01. The van der Waals surface area contributed by atoms with Crippen LogP contribution in [0.2, 0.25) is 5.02 Å². The van der Waals surface area contributed by atoms with Crippen molar-refractivity contribution in [2.45, 2.75) is 50.9 Å². The Morgan fingerprint density at radius 2 is 1.70 bits per heavy atom. The minimum Gasteiger partial charge on any atom is -0.256 e. The molecule has 4 aliphatic carbocycles. The van der Waals surface area contributed by atoms with Crippen LogP contribution in [0.3, 0.4) is 0 Å². The highest BCUT2D eigenvalue weighted by atomic mass is 35.5. The van der Waals surface area contributed by atoms with Gasteiger partial charge in [0.25, 0.3) is 0 Å². The molecule has 1 nitrogen and oxygen atoms in total. The van der Waals surface area contributed by atoms with Gasteiger partial charge in [-0.05, 0) is 97.9 Å². The Bertz CT molecular complexity index is 861.